The lowest BCUT2D eigenvalue weighted by atomic mass is 9.75. The second-order valence-electron chi connectivity index (χ2n) is 11.1. The molecule has 1 saturated heterocycles. The zero-order valence-electron chi connectivity index (χ0n) is 22.2. The summed E-state index contributed by atoms with van der Waals surface area (Å²) in [7, 11) is -7.84. The van der Waals surface area contributed by atoms with Crippen LogP contribution in [0, 0.1) is 17.6 Å². The Kier molecular flexibility index (Phi) is 8.69. The number of sulfone groups is 2. The standard InChI is InChI=1S/C27H34ClF2NO6S2/c1-26(2,3)31-13-4-15-38(32,33)16-11-23-20-17-37-25-22(30)10-9-21(29)24(25)27(20,12-14-36-23)39(34,35)19-7-5-18(28)6-8-19/h5-10,20,23,31H,4,11-17H2,1-3H3/t20-,23-,27-/m0/s1. The van der Waals surface area contributed by atoms with E-state index in [9.17, 15) is 21.2 Å². The fraction of sp³-hybridized carbons (Fsp3) is 0.556. The van der Waals surface area contributed by atoms with Crippen molar-refractivity contribution in [1.29, 1.82) is 0 Å². The summed E-state index contributed by atoms with van der Waals surface area (Å²) < 4.78 is 94.2. The molecule has 2 aromatic rings. The van der Waals surface area contributed by atoms with Crippen molar-refractivity contribution in [3.8, 4) is 5.75 Å². The van der Waals surface area contributed by atoms with Gasteiger partial charge in [-0.05, 0) is 83.0 Å². The molecule has 1 fully saturated rings. The highest BCUT2D eigenvalue weighted by Gasteiger charge is 2.61. The molecule has 0 unspecified atom stereocenters. The number of hydrogen-bond donors (Lipinski definition) is 1. The highest BCUT2D eigenvalue weighted by molar-refractivity contribution is 7.92. The fourth-order valence-electron chi connectivity index (χ4n) is 5.49. The first-order chi connectivity index (χ1) is 18.2. The van der Waals surface area contributed by atoms with E-state index < -0.39 is 53.8 Å². The lowest BCUT2D eigenvalue weighted by Crippen LogP contribution is -2.57. The van der Waals surface area contributed by atoms with Gasteiger partial charge in [0.1, 0.15) is 20.4 Å². The molecule has 12 heteroatoms. The zero-order chi connectivity index (χ0) is 28.6. The minimum atomic E-state index is -4.35. The summed E-state index contributed by atoms with van der Waals surface area (Å²) in [6.07, 6.45) is -0.613. The third-order valence-electron chi connectivity index (χ3n) is 7.35. The van der Waals surface area contributed by atoms with E-state index in [1.54, 1.807) is 0 Å². The monoisotopic (exact) mass is 605 g/mol. The highest BCUT2D eigenvalue weighted by atomic mass is 35.5. The van der Waals surface area contributed by atoms with E-state index in [1.807, 2.05) is 20.8 Å². The van der Waals surface area contributed by atoms with Crippen molar-refractivity contribution < 1.29 is 35.1 Å². The van der Waals surface area contributed by atoms with Crippen LogP contribution in [0.4, 0.5) is 8.78 Å². The quantitative estimate of drug-likeness (QED) is 0.415. The number of halogens is 3. The largest absolute Gasteiger partial charge is 0.490 e. The van der Waals surface area contributed by atoms with Crippen LogP contribution in [-0.2, 0) is 29.2 Å². The molecule has 0 spiro atoms. The van der Waals surface area contributed by atoms with Gasteiger partial charge in [-0.15, -0.1) is 0 Å². The Bertz CT molecular complexity index is 1410. The molecular formula is C27H34ClF2NO6S2. The van der Waals surface area contributed by atoms with Gasteiger partial charge in [0.2, 0.25) is 0 Å². The van der Waals surface area contributed by atoms with Crippen LogP contribution in [0.25, 0.3) is 0 Å². The number of nitrogens with one attached hydrogen (secondary N) is 1. The van der Waals surface area contributed by atoms with E-state index in [4.69, 9.17) is 21.1 Å². The molecule has 2 aliphatic rings. The van der Waals surface area contributed by atoms with Gasteiger partial charge < -0.3 is 14.8 Å². The molecule has 0 amide bonds. The summed E-state index contributed by atoms with van der Waals surface area (Å²) >= 11 is 5.98. The van der Waals surface area contributed by atoms with Gasteiger partial charge in [-0.2, -0.15) is 0 Å². The zero-order valence-corrected chi connectivity index (χ0v) is 24.6. The van der Waals surface area contributed by atoms with Gasteiger partial charge in [-0.1, -0.05) is 11.6 Å². The number of fused-ring (bicyclic) bond motifs is 3. The Morgan fingerprint density at radius 1 is 1.03 bits per heavy atom. The Morgan fingerprint density at radius 2 is 1.69 bits per heavy atom. The van der Waals surface area contributed by atoms with E-state index in [1.165, 1.54) is 24.3 Å². The van der Waals surface area contributed by atoms with Crippen LogP contribution in [0.5, 0.6) is 5.75 Å². The normalized spacial score (nSPS) is 23.5. The molecule has 2 aliphatic heterocycles. The lowest BCUT2D eigenvalue weighted by Gasteiger charge is -2.50. The first kappa shape index (κ1) is 30.2. The van der Waals surface area contributed by atoms with Crippen LogP contribution in [-0.4, -0.2) is 59.7 Å². The number of hydrogen-bond acceptors (Lipinski definition) is 7. The third-order valence-corrected chi connectivity index (χ3v) is 11.9. The van der Waals surface area contributed by atoms with Crippen molar-refractivity contribution in [3.63, 3.8) is 0 Å². The molecule has 0 aromatic heterocycles. The van der Waals surface area contributed by atoms with Gasteiger partial charge >= 0.3 is 0 Å². The van der Waals surface area contributed by atoms with Crippen molar-refractivity contribution in [2.45, 2.75) is 61.3 Å². The van der Waals surface area contributed by atoms with Crippen molar-refractivity contribution in [1.82, 2.24) is 5.32 Å². The Balaban J connectivity index is 1.68. The first-order valence-corrected chi connectivity index (χ1v) is 16.5. The van der Waals surface area contributed by atoms with Crippen molar-refractivity contribution in [2.24, 2.45) is 5.92 Å². The Hall–Kier alpha value is -1.79. The smallest absolute Gasteiger partial charge is 0.189 e. The molecule has 1 N–H and O–H groups in total. The molecule has 0 aliphatic carbocycles. The maximum Gasteiger partial charge on any atom is 0.189 e. The molecule has 3 atom stereocenters. The van der Waals surface area contributed by atoms with Crippen LogP contribution < -0.4 is 10.1 Å². The Morgan fingerprint density at radius 3 is 2.36 bits per heavy atom. The summed E-state index contributed by atoms with van der Waals surface area (Å²) in [5, 5.41) is 3.57. The highest BCUT2D eigenvalue weighted by Crippen LogP contribution is 2.55. The predicted molar refractivity (Wildman–Crippen MR) is 146 cm³/mol. The number of benzene rings is 2. The molecule has 0 radical (unpaired) electrons. The molecular weight excluding hydrogens is 572 g/mol. The van der Waals surface area contributed by atoms with E-state index in [-0.39, 0.29) is 53.6 Å². The minimum Gasteiger partial charge on any atom is -0.490 e. The van der Waals surface area contributed by atoms with Crippen molar-refractivity contribution in [3.05, 3.63) is 58.6 Å². The van der Waals surface area contributed by atoms with Crippen LogP contribution in [0.15, 0.2) is 41.3 Å². The van der Waals surface area contributed by atoms with E-state index >= 15 is 4.39 Å². The van der Waals surface area contributed by atoms with E-state index in [0.29, 0.717) is 18.0 Å². The molecule has 0 saturated carbocycles. The average molecular weight is 606 g/mol. The maximum atomic E-state index is 15.5. The van der Waals surface area contributed by atoms with E-state index in [0.717, 1.165) is 12.1 Å². The van der Waals surface area contributed by atoms with Crippen LogP contribution in [0.2, 0.25) is 5.02 Å². The van der Waals surface area contributed by atoms with Gasteiger partial charge in [-0.25, -0.2) is 25.6 Å². The summed E-state index contributed by atoms with van der Waals surface area (Å²) in [5.74, 6) is -3.48. The van der Waals surface area contributed by atoms with Crippen LogP contribution in [0.3, 0.4) is 0 Å². The second kappa shape index (κ2) is 11.2. The first-order valence-electron chi connectivity index (χ1n) is 12.9. The molecule has 39 heavy (non-hydrogen) atoms. The average Bonchev–Trinajstić information content (AvgIpc) is 2.86. The molecule has 216 valence electrons. The second-order valence-corrected chi connectivity index (χ2v) is 16.1. The third kappa shape index (κ3) is 6.12. The Labute approximate surface area is 234 Å². The number of rotatable bonds is 9. The van der Waals surface area contributed by atoms with Crippen LogP contribution in [0.1, 0.15) is 45.6 Å². The molecule has 0 bridgehead atoms. The van der Waals surface area contributed by atoms with Crippen molar-refractivity contribution in [2.75, 3.05) is 31.3 Å². The summed E-state index contributed by atoms with van der Waals surface area (Å²) in [4.78, 5) is -0.104. The van der Waals surface area contributed by atoms with Gasteiger partial charge in [-0.3, -0.25) is 0 Å². The SMILES string of the molecule is CC(C)(C)NCCCS(=O)(=O)CC[C@@H]1OCC[C@@]2(S(=O)(=O)c3ccc(Cl)cc3)c3c(F)ccc(F)c3OC[C@@H]12. The van der Waals surface area contributed by atoms with Gasteiger partial charge in [0.25, 0.3) is 0 Å². The summed E-state index contributed by atoms with van der Waals surface area (Å²) in [6, 6.07) is 7.28. The number of ether oxygens (including phenoxy) is 2. The lowest BCUT2D eigenvalue weighted by molar-refractivity contribution is -0.0732. The van der Waals surface area contributed by atoms with Gasteiger partial charge in [0.15, 0.2) is 21.4 Å². The molecule has 4 rings (SSSR count). The molecule has 2 heterocycles. The fourth-order valence-corrected chi connectivity index (χ4v) is 9.34. The van der Waals surface area contributed by atoms with E-state index in [2.05, 4.69) is 5.32 Å². The molecule has 7 nitrogen and oxygen atoms in total. The van der Waals surface area contributed by atoms with Gasteiger partial charge in [0.05, 0.1) is 34.7 Å². The van der Waals surface area contributed by atoms with Crippen LogP contribution >= 0.6 is 11.6 Å². The molecule has 2 aromatic carbocycles. The summed E-state index contributed by atoms with van der Waals surface area (Å²) in [6.45, 7) is 6.14. The van der Waals surface area contributed by atoms with Crippen molar-refractivity contribution >= 4 is 31.3 Å². The maximum absolute atomic E-state index is 15.5. The topological polar surface area (TPSA) is 98.8 Å². The summed E-state index contributed by atoms with van der Waals surface area (Å²) in [5.41, 5.74) is -0.511. The minimum absolute atomic E-state index is 0.00673. The van der Waals surface area contributed by atoms with Gasteiger partial charge in [0, 0.05) is 23.1 Å². The predicted octanol–water partition coefficient (Wildman–Crippen LogP) is 4.67.